The fourth-order valence-electron chi connectivity index (χ4n) is 3.40. The molecule has 1 saturated carbocycles. The number of rotatable bonds is 4. The normalized spacial score (nSPS) is 24.6. The average molecular weight is 282 g/mol. The number of carbonyl (C=O) groups excluding carboxylic acids is 1. The summed E-state index contributed by atoms with van der Waals surface area (Å²) < 4.78 is 5.32. The van der Waals surface area contributed by atoms with Crippen LogP contribution in [0.15, 0.2) is 0 Å². The first-order chi connectivity index (χ1) is 9.77. The molecule has 1 aliphatic heterocycles. The van der Waals surface area contributed by atoms with Crippen LogP contribution >= 0.6 is 0 Å². The van der Waals surface area contributed by atoms with E-state index in [2.05, 4.69) is 5.32 Å². The fourth-order valence-corrected chi connectivity index (χ4v) is 3.40. The number of nitrogens with one attached hydrogen (secondary N) is 1. The summed E-state index contributed by atoms with van der Waals surface area (Å²) in [5.74, 6) is 0.987. The number of hydrogen-bond acceptors (Lipinski definition) is 3. The molecule has 0 radical (unpaired) electrons. The second-order valence-corrected chi connectivity index (χ2v) is 6.43. The molecule has 1 unspecified atom stereocenters. The fraction of sp³-hybridized carbons (Fsp3) is 0.938. The molecule has 20 heavy (non-hydrogen) atoms. The number of amides is 1. The van der Waals surface area contributed by atoms with Crippen LogP contribution < -0.4 is 11.1 Å². The van der Waals surface area contributed by atoms with Crippen molar-refractivity contribution in [3.8, 4) is 0 Å². The molecule has 2 aliphatic rings. The summed E-state index contributed by atoms with van der Waals surface area (Å²) >= 11 is 0. The van der Waals surface area contributed by atoms with Gasteiger partial charge in [-0.15, -0.1) is 0 Å². The summed E-state index contributed by atoms with van der Waals surface area (Å²) in [4.78, 5) is 12.2. The van der Waals surface area contributed by atoms with Gasteiger partial charge in [-0.3, -0.25) is 4.79 Å². The van der Waals surface area contributed by atoms with E-state index in [0.717, 1.165) is 32.6 Å². The van der Waals surface area contributed by atoms with Gasteiger partial charge in [-0.2, -0.15) is 0 Å². The minimum Gasteiger partial charge on any atom is -0.381 e. The predicted molar refractivity (Wildman–Crippen MR) is 80.3 cm³/mol. The zero-order valence-corrected chi connectivity index (χ0v) is 12.6. The Morgan fingerprint density at radius 1 is 1.05 bits per heavy atom. The highest BCUT2D eigenvalue weighted by Gasteiger charge is 2.26. The smallest absolute Gasteiger partial charge is 0.237 e. The lowest BCUT2D eigenvalue weighted by Crippen LogP contribution is -2.48. The quantitative estimate of drug-likeness (QED) is 0.831. The Hall–Kier alpha value is -0.610. The molecular formula is C16H30N2O2. The molecule has 0 aromatic carbocycles. The van der Waals surface area contributed by atoms with E-state index in [0.29, 0.717) is 11.8 Å². The first-order valence-corrected chi connectivity index (χ1v) is 8.38. The van der Waals surface area contributed by atoms with Crippen LogP contribution in [0.3, 0.4) is 0 Å². The van der Waals surface area contributed by atoms with Crippen LogP contribution in [0.1, 0.15) is 57.8 Å². The average Bonchev–Trinajstić information content (AvgIpc) is 2.46. The molecule has 0 spiro atoms. The van der Waals surface area contributed by atoms with Gasteiger partial charge in [-0.25, -0.2) is 0 Å². The van der Waals surface area contributed by atoms with E-state index in [1.54, 1.807) is 0 Å². The van der Waals surface area contributed by atoms with Crippen molar-refractivity contribution in [1.29, 1.82) is 0 Å². The van der Waals surface area contributed by atoms with Crippen molar-refractivity contribution in [2.45, 2.75) is 63.8 Å². The predicted octanol–water partition coefficient (Wildman–Crippen LogP) is 2.22. The Morgan fingerprint density at radius 3 is 2.30 bits per heavy atom. The maximum Gasteiger partial charge on any atom is 0.237 e. The van der Waals surface area contributed by atoms with Gasteiger partial charge in [-0.1, -0.05) is 32.1 Å². The molecule has 0 bridgehead atoms. The minimum absolute atomic E-state index is 0.0407. The van der Waals surface area contributed by atoms with Crippen molar-refractivity contribution in [3.05, 3.63) is 0 Å². The molecule has 2 rings (SSSR count). The maximum absolute atomic E-state index is 12.2. The van der Waals surface area contributed by atoms with Gasteiger partial charge >= 0.3 is 0 Å². The van der Waals surface area contributed by atoms with Crippen LogP contribution in [0.25, 0.3) is 0 Å². The Bertz CT molecular complexity index is 282. The number of nitrogens with two attached hydrogens (primary N) is 1. The zero-order chi connectivity index (χ0) is 14.2. The summed E-state index contributed by atoms with van der Waals surface area (Å²) in [7, 11) is 0. The van der Waals surface area contributed by atoms with Gasteiger partial charge in [0, 0.05) is 19.8 Å². The molecule has 116 valence electrons. The van der Waals surface area contributed by atoms with E-state index in [-0.39, 0.29) is 11.9 Å². The molecular weight excluding hydrogens is 252 g/mol. The molecule has 1 atom stereocenters. The molecule has 0 aromatic rings. The third-order valence-corrected chi connectivity index (χ3v) is 4.87. The molecule has 1 amide bonds. The Balaban J connectivity index is 1.69. The minimum atomic E-state index is -0.354. The summed E-state index contributed by atoms with van der Waals surface area (Å²) in [5, 5.41) is 3.09. The Kier molecular flexibility index (Phi) is 6.80. The summed E-state index contributed by atoms with van der Waals surface area (Å²) in [6.07, 6.45) is 11.1. The van der Waals surface area contributed by atoms with Gasteiger partial charge < -0.3 is 15.8 Å². The third-order valence-electron chi connectivity index (χ3n) is 4.87. The lowest BCUT2D eigenvalue weighted by Gasteiger charge is -2.27. The van der Waals surface area contributed by atoms with Crippen LogP contribution in [0.5, 0.6) is 0 Å². The van der Waals surface area contributed by atoms with Crippen molar-refractivity contribution in [2.24, 2.45) is 17.6 Å². The molecule has 3 N–H and O–H groups in total. The highest BCUT2D eigenvalue weighted by Crippen LogP contribution is 2.22. The van der Waals surface area contributed by atoms with Crippen LogP contribution in [-0.4, -0.2) is 31.7 Å². The summed E-state index contributed by atoms with van der Waals surface area (Å²) in [6.45, 7) is 2.30. The largest absolute Gasteiger partial charge is 0.381 e. The highest BCUT2D eigenvalue weighted by molar-refractivity contribution is 5.81. The van der Waals surface area contributed by atoms with Crippen molar-refractivity contribution < 1.29 is 9.53 Å². The Labute approximate surface area is 122 Å². The SMILES string of the molecule is NC(C(=O)NCC1CCCCCCC1)C1CCOCC1. The number of hydrogen-bond donors (Lipinski definition) is 2. The van der Waals surface area contributed by atoms with Gasteiger partial charge in [0.25, 0.3) is 0 Å². The first kappa shape index (κ1) is 15.8. The molecule has 1 saturated heterocycles. The van der Waals surface area contributed by atoms with E-state index in [1.807, 2.05) is 0 Å². The Morgan fingerprint density at radius 2 is 1.65 bits per heavy atom. The molecule has 1 heterocycles. The molecule has 2 fully saturated rings. The van der Waals surface area contributed by atoms with Crippen LogP contribution in [-0.2, 0) is 9.53 Å². The lowest BCUT2D eigenvalue weighted by atomic mass is 9.90. The molecule has 4 nitrogen and oxygen atoms in total. The van der Waals surface area contributed by atoms with Crippen LogP contribution in [0, 0.1) is 11.8 Å². The number of carbonyl (C=O) groups is 1. The van der Waals surface area contributed by atoms with Crippen molar-refractivity contribution >= 4 is 5.91 Å². The van der Waals surface area contributed by atoms with E-state index in [4.69, 9.17) is 10.5 Å². The van der Waals surface area contributed by atoms with E-state index < -0.39 is 0 Å². The maximum atomic E-state index is 12.2. The van der Waals surface area contributed by atoms with Gasteiger partial charge in [-0.05, 0) is 37.5 Å². The standard InChI is InChI=1S/C16H30N2O2/c17-15(14-8-10-20-11-9-14)16(19)18-12-13-6-4-2-1-3-5-7-13/h13-15H,1-12,17H2,(H,18,19). The van der Waals surface area contributed by atoms with Gasteiger partial charge in [0.15, 0.2) is 0 Å². The zero-order valence-electron chi connectivity index (χ0n) is 12.6. The van der Waals surface area contributed by atoms with E-state index in [9.17, 15) is 4.79 Å². The van der Waals surface area contributed by atoms with Crippen molar-refractivity contribution in [3.63, 3.8) is 0 Å². The second-order valence-electron chi connectivity index (χ2n) is 6.43. The van der Waals surface area contributed by atoms with Crippen molar-refractivity contribution in [2.75, 3.05) is 19.8 Å². The summed E-state index contributed by atoms with van der Waals surface area (Å²) in [5.41, 5.74) is 6.10. The monoisotopic (exact) mass is 282 g/mol. The number of ether oxygens (including phenoxy) is 1. The second kappa shape index (κ2) is 8.63. The van der Waals surface area contributed by atoms with E-state index >= 15 is 0 Å². The molecule has 4 heteroatoms. The van der Waals surface area contributed by atoms with Gasteiger partial charge in [0.05, 0.1) is 6.04 Å². The van der Waals surface area contributed by atoms with Crippen LogP contribution in [0.2, 0.25) is 0 Å². The first-order valence-electron chi connectivity index (χ1n) is 8.38. The molecule has 0 aromatic heterocycles. The van der Waals surface area contributed by atoms with Gasteiger partial charge in [0.2, 0.25) is 5.91 Å². The topological polar surface area (TPSA) is 64.4 Å². The van der Waals surface area contributed by atoms with E-state index in [1.165, 1.54) is 44.9 Å². The lowest BCUT2D eigenvalue weighted by molar-refractivity contribution is -0.124. The summed E-state index contributed by atoms with van der Waals surface area (Å²) in [6, 6.07) is -0.354. The van der Waals surface area contributed by atoms with Gasteiger partial charge in [0.1, 0.15) is 0 Å². The van der Waals surface area contributed by atoms with Crippen molar-refractivity contribution in [1.82, 2.24) is 5.32 Å². The highest BCUT2D eigenvalue weighted by atomic mass is 16.5. The van der Waals surface area contributed by atoms with Crippen LogP contribution in [0.4, 0.5) is 0 Å². The molecule has 1 aliphatic carbocycles. The third kappa shape index (κ3) is 5.06.